The minimum atomic E-state index is -3.60. The molecule has 0 aliphatic heterocycles. The van der Waals surface area contributed by atoms with E-state index >= 15 is 0 Å². The van der Waals surface area contributed by atoms with E-state index in [2.05, 4.69) is 0 Å². The van der Waals surface area contributed by atoms with Gasteiger partial charge in [0.15, 0.2) is 13.6 Å². The monoisotopic (exact) mass is 370 g/mol. The smallest absolute Gasteiger partial charge is 0.367 e. The Morgan fingerprint density at radius 3 is 1.38 bits per heavy atom. The third kappa shape index (κ3) is 5.20. The first kappa shape index (κ1) is 18.2. The lowest BCUT2D eigenvalue weighted by molar-refractivity contribution is 0.0629. The van der Waals surface area contributed by atoms with E-state index in [-0.39, 0.29) is 13.6 Å². The van der Waals surface area contributed by atoms with Gasteiger partial charge in [-0.3, -0.25) is 13.6 Å². The molecular formula is C20H19O5P. The van der Waals surface area contributed by atoms with Crippen molar-refractivity contribution in [1.29, 1.82) is 0 Å². The van der Waals surface area contributed by atoms with Crippen molar-refractivity contribution in [2.75, 3.05) is 13.6 Å². The van der Waals surface area contributed by atoms with Crippen LogP contribution in [0, 0.1) is 0 Å². The van der Waals surface area contributed by atoms with Crippen molar-refractivity contribution < 1.29 is 23.1 Å². The molecule has 0 amide bonds. The number of ether oxygens (including phenoxy) is 2. The van der Waals surface area contributed by atoms with Crippen LogP contribution >= 0.6 is 7.60 Å². The van der Waals surface area contributed by atoms with Gasteiger partial charge in [0.2, 0.25) is 0 Å². The van der Waals surface area contributed by atoms with E-state index in [4.69, 9.17) is 18.5 Å². The molecule has 0 atom stereocenters. The molecule has 26 heavy (non-hydrogen) atoms. The van der Waals surface area contributed by atoms with Crippen molar-refractivity contribution >= 4 is 12.9 Å². The second kappa shape index (κ2) is 9.20. The third-order valence-electron chi connectivity index (χ3n) is 3.46. The van der Waals surface area contributed by atoms with Gasteiger partial charge >= 0.3 is 7.60 Å². The molecule has 0 bridgehead atoms. The van der Waals surface area contributed by atoms with E-state index < -0.39 is 7.60 Å². The van der Waals surface area contributed by atoms with Crippen molar-refractivity contribution in [3.8, 4) is 11.5 Å². The highest BCUT2D eigenvalue weighted by molar-refractivity contribution is 7.62. The summed E-state index contributed by atoms with van der Waals surface area (Å²) in [5.41, 5.74) is 0. The first-order valence-electron chi connectivity index (χ1n) is 8.07. The highest BCUT2D eigenvalue weighted by atomic mass is 31.2. The quantitative estimate of drug-likeness (QED) is 0.407. The van der Waals surface area contributed by atoms with Crippen LogP contribution in [0.2, 0.25) is 0 Å². The van der Waals surface area contributed by atoms with E-state index in [0.717, 1.165) is 0 Å². The molecule has 134 valence electrons. The molecular weight excluding hydrogens is 351 g/mol. The van der Waals surface area contributed by atoms with Gasteiger partial charge in [-0.2, -0.15) is 0 Å². The summed E-state index contributed by atoms with van der Waals surface area (Å²) in [5, 5.41) is 0.438. The van der Waals surface area contributed by atoms with Gasteiger partial charge in [0.1, 0.15) is 11.5 Å². The highest BCUT2D eigenvalue weighted by Crippen LogP contribution is 2.46. The number of rotatable bonds is 9. The Kier molecular flexibility index (Phi) is 6.45. The Balaban J connectivity index is 1.63. The van der Waals surface area contributed by atoms with Gasteiger partial charge < -0.3 is 9.47 Å². The Hall–Kier alpha value is -2.59. The zero-order chi connectivity index (χ0) is 18.1. The molecule has 5 nitrogen and oxygen atoms in total. The van der Waals surface area contributed by atoms with Gasteiger partial charge in [-0.25, -0.2) is 0 Å². The lowest BCUT2D eigenvalue weighted by atomic mass is 10.3. The second-order valence-corrected chi connectivity index (χ2v) is 7.27. The summed E-state index contributed by atoms with van der Waals surface area (Å²) in [6, 6.07) is 27.0. The summed E-state index contributed by atoms with van der Waals surface area (Å²) in [6.45, 7) is -0.414. The fourth-order valence-electron chi connectivity index (χ4n) is 2.16. The maximum atomic E-state index is 13.2. The molecule has 0 N–H and O–H groups in total. The highest BCUT2D eigenvalue weighted by Gasteiger charge is 2.28. The predicted octanol–water partition coefficient (Wildman–Crippen LogP) is 4.61. The topological polar surface area (TPSA) is 54.0 Å². The van der Waals surface area contributed by atoms with Gasteiger partial charge in [0, 0.05) is 0 Å². The summed E-state index contributed by atoms with van der Waals surface area (Å²) in [6.07, 6.45) is 0. The minimum absolute atomic E-state index is 0.207. The van der Waals surface area contributed by atoms with Crippen LogP contribution in [0.5, 0.6) is 11.5 Å². The number of para-hydroxylation sites is 2. The van der Waals surface area contributed by atoms with E-state index in [1.54, 1.807) is 48.5 Å². The lowest BCUT2D eigenvalue weighted by Crippen LogP contribution is -2.15. The van der Waals surface area contributed by atoms with Crippen LogP contribution in [0.4, 0.5) is 0 Å². The normalized spacial score (nSPS) is 11.1. The fourth-order valence-corrected chi connectivity index (χ4v) is 3.45. The Morgan fingerprint density at radius 2 is 0.962 bits per heavy atom. The van der Waals surface area contributed by atoms with Gasteiger partial charge in [0.05, 0.1) is 5.30 Å². The molecule has 0 spiro atoms. The van der Waals surface area contributed by atoms with Crippen LogP contribution < -0.4 is 14.8 Å². The maximum absolute atomic E-state index is 13.2. The molecule has 0 saturated carbocycles. The molecule has 0 heterocycles. The van der Waals surface area contributed by atoms with Crippen LogP contribution in [0.15, 0.2) is 91.0 Å². The van der Waals surface area contributed by atoms with Gasteiger partial charge in [-0.15, -0.1) is 0 Å². The van der Waals surface area contributed by atoms with Crippen molar-refractivity contribution in [3.63, 3.8) is 0 Å². The molecule has 6 heteroatoms. The molecule has 0 aromatic heterocycles. The summed E-state index contributed by atoms with van der Waals surface area (Å²) >= 11 is 0. The molecule has 0 aliphatic carbocycles. The van der Waals surface area contributed by atoms with E-state index in [9.17, 15) is 4.57 Å². The van der Waals surface area contributed by atoms with Crippen molar-refractivity contribution in [2.45, 2.75) is 0 Å². The fraction of sp³-hybridized carbons (Fsp3) is 0.100. The van der Waals surface area contributed by atoms with Crippen molar-refractivity contribution in [3.05, 3.63) is 91.0 Å². The molecule has 0 radical (unpaired) electrons. The Labute approximate surface area is 152 Å². The average Bonchev–Trinajstić information content (AvgIpc) is 2.70. The largest absolute Gasteiger partial charge is 0.467 e. The molecule has 0 aliphatic rings. The van der Waals surface area contributed by atoms with E-state index in [1.165, 1.54) is 0 Å². The molecule has 3 aromatic rings. The molecule has 0 fully saturated rings. The van der Waals surface area contributed by atoms with Gasteiger partial charge in [-0.05, 0) is 36.4 Å². The minimum Gasteiger partial charge on any atom is -0.467 e. The van der Waals surface area contributed by atoms with Crippen LogP contribution in [0.1, 0.15) is 0 Å². The third-order valence-corrected chi connectivity index (χ3v) is 5.28. The van der Waals surface area contributed by atoms with Gasteiger partial charge in [0.25, 0.3) is 0 Å². The average molecular weight is 370 g/mol. The van der Waals surface area contributed by atoms with Crippen molar-refractivity contribution in [1.82, 2.24) is 0 Å². The van der Waals surface area contributed by atoms with Crippen LogP contribution in [0.3, 0.4) is 0 Å². The van der Waals surface area contributed by atoms with Gasteiger partial charge in [-0.1, -0.05) is 54.6 Å². The SMILES string of the molecule is O=P(OCOc1ccccc1)(OCOc1ccccc1)c1ccccc1. The van der Waals surface area contributed by atoms with Crippen molar-refractivity contribution in [2.24, 2.45) is 0 Å². The summed E-state index contributed by atoms with van der Waals surface area (Å²) < 4.78 is 35.1. The maximum Gasteiger partial charge on any atom is 0.367 e. The molecule has 3 rings (SSSR count). The molecule has 0 unspecified atom stereocenters. The lowest BCUT2D eigenvalue weighted by Gasteiger charge is -2.19. The van der Waals surface area contributed by atoms with Crippen LogP contribution in [-0.4, -0.2) is 13.6 Å². The summed E-state index contributed by atoms with van der Waals surface area (Å²) in [4.78, 5) is 0. The zero-order valence-corrected chi connectivity index (χ0v) is 15.0. The number of benzene rings is 3. The van der Waals surface area contributed by atoms with E-state index in [0.29, 0.717) is 16.8 Å². The summed E-state index contributed by atoms with van der Waals surface area (Å²) in [7, 11) is -3.60. The molecule has 0 saturated heterocycles. The second-order valence-electron chi connectivity index (χ2n) is 5.24. The van der Waals surface area contributed by atoms with Crippen LogP contribution in [-0.2, 0) is 13.6 Å². The first-order valence-corrected chi connectivity index (χ1v) is 9.61. The zero-order valence-electron chi connectivity index (χ0n) is 14.1. The molecule has 3 aromatic carbocycles. The van der Waals surface area contributed by atoms with Crippen LogP contribution in [0.25, 0.3) is 0 Å². The Bertz CT molecular complexity index is 775. The van der Waals surface area contributed by atoms with E-state index in [1.807, 2.05) is 42.5 Å². The standard InChI is InChI=1S/C20H19O5P/c21-26(20-14-8-3-9-15-20,24-16-22-18-10-4-1-5-11-18)25-17-23-19-12-6-2-7-13-19/h1-15H,16-17H2. The first-order chi connectivity index (χ1) is 12.8. The number of hydrogen-bond donors (Lipinski definition) is 0. The predicted molar refractivity (Wildman–Crippen MR) is 99.7 cm³/mol. The summed E-state index contributed by atoms with van der Waals surface area (Å²) in [5.74, 6) is 1.24. The number of hydrogen-bond acceptors (Lipinski definition) is 5. The Morgan fingerprint density at radius 1 is 0.577 bits per heavy atom.